The first-order valence-electron chi connectivity index (χ1n) is 2.75. The van der Waals surface area contributed by atoms with E-state index in [2.05, 4.69) is 15.9 Å². The maximum Gasteiger partial charge on any atom is 0.307 e. The monoisotopic (exact) mass is 252 g/mol. The lowest BCUT2D eigenvalue weighted by molar-refractivity contribution is -0.604. The van der Waals surface area contributed by atoms with Gasteiger partial charge in [-0.15, -0.1) is 0 Å². The molecule has 0 saturated carbocycles. The number of nitro groups is 1. The number of hydrogen-bond acceptors (Lipinski definition) is 3. The fraction of sp³-hybridized carbons (Fsp3) is 0. The lowest BCUT2D eigenvalue weighted by atomic mass is 10.4. The van der Waals surface area contributed by atoms with Crippen LogP contribution in [0.25, 0.3) is 0 Å². The third kappa shape index (κ3) is 1.49. The lowest BCUT2D eigenvalue weighted by Crippen LogP contribution is -2.27. The normalized spacial score (nSPS) is 9.83. The van der Waals surface area contributed by atoms with Gasteiger partial charge in [-0.3, -0.25) is 10.1 Å². The van der Waals surface area contributed by atoms with Crippen molar-refractivity contribution < 1.29 is 9.65 Å². The minimum atomic E-state index is -0.629. The van der Waals surface area contributed by atoms with E-state index >= 15 is 0 Å². The van der Waals surface area contributed by atoms with Gasteiger partial charge in [0, 0.05) is 0 Å². The van der Waals surface area contributed by atoms with Crippen LogP contribution < -0.4 is 4.73 Å². The number of nitrogens with zero attached hydrogens (tertiary/aromatic N) is 2. The van der Waals surface area contributed by atoms with Crippen molar-refractivity contribution in [3.05, 3.63) is 37.2 Å². The van der Waals surface area contributed by atoms with Crippen LogP contribution in [-0.2, 0) is 0 Å². The first kappa shape index (κ1) is 9.21. The van der Waals surface area contributed by atoms with Crippen LogP contribution in [0, 0.1) is 15.3 Å². The molecule has 0 aliphatic heterocycles. The second-order valence-corrected chi connectivity index (χ2v) is 3.04. The molecule has 1 heterocycles. The summed E-state index contributed by atoms with van der Waals surface area (Å²) < 4.78 is 0.324. The first-order valence-corrected chi connectivity index (χ1v) is 3.92. The van der Waals surface area contributed by atoms with Crippen molar-refractivity contribution in [1.82, 2.24) is 0 Å². The second-order valence-electron chi connectivity index (χ2n) is 1.89. The van der Waals surface area contributed by atoms with Crippen molar-refractivity contribution in [2.75, 3.05) is 0 Å². The first-order chi connectivity index (χ1) is 5.54. The fourth-order valence-electron chi connectivity index (χ4n) is 0.620. The zero-order valence-electron chi connectivity index (χ0n) is 5.53. The van der Waals surface area contributed by atoms with Crippen LogP contribution in [0.5, 0.6) is 0 Å². The molecule has 5 nitrogen and oxygen atoms in total. The molecule has 1 rings (SSSR count). The van der Waals surface area contributed by atoms with E-state index in [9.17, 15) is 15.3 Å². The predicted octanol–water partition coefficient (Wildman–Crippen LogP) is 1.64. The summed E-state index contributed by atoms with van der Waals surface area (Å²) in [6.45, 7) is 0. The summed E-state index contributed by atoms with van der Waals surface area (Å²) in [6, 6.07) is 1.07. The molecular formula is C5H2BrClN2O3. The molecule has 7 heteroatoms. The van der Waals surface area contributed by atoms with Crippen LogP contribution in [-0.4, -0.2) is 4.92 Å². The molecule has 0 N–H and O–H groups in total. The molecule has 0 spiro atoms. The van der Waals surface area contributed by atoms with Crippen molar-refractivity contribution in [2.45, 2.75) is 0 Å². The van der Waals surface area contributed by atoms with E-state index in [0.29, 0.717) is 4.73 Å². The number of aromatic nitrogens is 1. The standard InChI is InChI=1S/C5H2BrClN2O3/c6-4-3(9(11)12)1-2-8(10)5(4)7/h1-2H. The van der Waals surface area contributed by atoms with Crippen molar-refractivity contribution in [2.24, 2.45) is 0 Å². The molecule has 1 aromatic heterocycles. The van der Waals surface area contributed by atoms with E-state index in [1.54, 1.807) is 0 Å². The van der Waals surface area contributed by atoms with Crippen LogP contribution in [0.1, 0.15) is 0 Å². The minimum absolute atomic E-state index is 0.00772. The van der Waals surface area contributed by atoms with Crippen LogP contribution in [0.3, 0.4) is 0 Å². The van der Waals surface area contributed by atoms with Gasteiger partial charge < -0.3 is 5.21 Å². The molecule has 0 aromatic carbocycles. The predicted molar refractivity (Wildman–Crippen MR) is 44.8 cm³/mol. The Labute approximate surface area is 80.4 Å². The highest BCUT2D eigenvalue weighted by Gasteiger charge is 2.20. The molecule has 1 aromatic rings. The van der Waals surface area contributed by atoms with Crippen molar-refractivity contribution >= 4 is 33.2 Å². The van der Waals surface area contributed by atoms with Crippen LogP contribution in [0.4, 0.5) is 5.69 Å². The average Bonchev–Trinajstić information content (AvgIpc) is 2.00. The van der Waals surface area contributed by atoms with Gasteiger partial charge in [0.1, 0.15) is 0 Å². The molecule has 0 atom stereocenters. The van der Waals surface area contributed by atoms with Gasteiger partial charge in [0.25, 0.3) is 5.69 Å². The Hall–Kier alpha value is -0.880. The molecule has 12 heavy (non-hydrogen) atoms. The third-order valence-electron chi connectivity index (χ3n) is 1.16. The summed E-state index contributed by atoms with van der Waals surface area (Å²) in [5, 5.41) is 20.8. The summed E-state index contributed by atoms with van der Waals surface area (Å²) in [4.78, 5) is 9.66. The zero-order chi connectivity index (χ0) is 9.30. The van der Waals surface area contributed by atoms with E-state index in [0.717, 1.165) is 12.3 Å². The molecule has 0 saturated heterocycles. The molecule has 0 unspecified atom stereocenters. The number of halogens is 2. The van der Waals surface area contributed by atoms with E-state index in [1.165, 1.54) is 0 Å². The number of hydrogen-bond donors (Lipinski definition) is 0. The summed E-state index contributed by atoms with van der Waals surface area (Å²) >= 11 is 8.26. The summed E-state index contributed by atoms with van der Waals surface area (Å²) in [5.41, 5.74) is -0.230. The molecule has 0 aliphatic carbocycles. The van der Waals surface area contributed by atoms with Gasteiger partial charge in [0.05, 0.1) is 11.0 Å². The summed E-state index contributed by atoms with van der Waals surface area (Å²) in [5.74, 6) is 0. The number of rotatable bonds is 1. The largest absolute Gasteiger partial charge is 0.618 e. The highest BCUT2D eigenvalue weighted by Crippen LogP contribution is 2.28. The highest BCUT2D eigenvalue weighted by atomic mass is 79.9. The maximum absolute atomic E-state index is 10.7. The Kier molecular flexibility index (Phi) is 2.49. The van der Waals surface area contributed by atoms with Gasteiger partial charge in [-0.2, -0.15) is 4.73 Å². The number of pyridine rings is 1. The van der Waals surface area contributed by atoms with Gasteiger partial charge in [-0.25, -0.2) is 0 Å². The summed E-state index contributed by atoms with van der Waals surface area (Å²) in [7, 11) is 0. The van der Waals surface area contributed by atoms with Crippen molar-refractivity contribution in [3.63, 3.8) is 0 Å². The van der Waals surface area contributed by atoms with Gasteiger partial charge in [-0.1, -0.05) is 0 Å². The van der Waals surface area contributed by atoms with Crippen LogP contribution >= 0.6 is 27.5 Å². The van der Waals surface area contributed by atoms with E-state index in [1.807, 2.05) is 0 Å². The smallest absolute Gasteiger partial charge is 0.307 e. The lowest BCUT2D eigenvalue weighted by Gasteiger charge is -1.99. The van der Waals surface area contributed by atoms with Crippen LogP contribution in [0.2, 0.25) is 5.15 Å². The summed E-state index contributed by atoms with van der Waals surface area (Å²) in [6.07, 6.45) is 0.977. The quantitative estimate of drug-likeness (QED) is 0.251. The minimum Gasteiger partial charge on any atom is -0.618 e. The zero-order valence-corrected chi connectivity index (χ0v) is 7.87. The third-order valence-corrected chi connectivity index (χ3v) is 2.53. The molecule has 0 aliphatic rings. The molecular weight excluding hydrogens is 251 g/mol. The van der Waals surface area contributed by atoms with Crippen molar-refractivity contribution in [3.8, 4) is 0 Å². The molecule has 64 valence electrons. The van der Waals surface area contributed by atoms with Gasteiger partial charge >= 0.3 is 5.15 Å². The molecule has 0 bridgehead atoms. The van der Waals surface area contributed by atoms with E-state index in [-0.39, 0.29) is 15.3 Å². The molecule has 0 amide bonds. The Morgan fingerprint density at radius 2 is 2.25 bits per heavy atom. The molecule has 0 fully saturated rings. The topological polar surface area (TPSA) is 70.1 Å². The Bertz CT molecular complexity index is 344. The highest BCUT2D eigenvalue weighted by molar-refractivity contribution is 9.10. The van der Waals surface area contributed by atoms with Gasteiger partial charge in [-0.05, 0) is 27.5 Å². The maximum atomic E-state index is 10.7. The Morgan fingerprint density at radius 1 is 1.67 bits per heavy atom. The second kappa shape index (κ2) is 3.24. The van der Waals surface area contributed by atoms with Gasteiger partial charge in [0.2, 0.25) is 0 Å². The van der Waals surface area contributed by atoms with E-state index in [4.69, 9.17) is 11.6 Å². The Balaban J connectivity index is 3.36. The fourth-order valence-corrected chi connectivity index (χ4v) is 1.23. The van der Waals surface area contributed by atoms with Crippen molar-refractivity contribution in [1.29, 1.82) is 0 Å². The average molecular weight is 253 g/mol. The Morgan fingerprint density at radius 3 is 2.75 bits per heavy atom. The SMILES string of the molecule is O=[N+]([O-])c1cc[n+]([O-])c(Cl)c1Br. The molecule has 0 radical (unpaired) electrons. The van der Waals surface area contributed by atoms with Crippen LogP contribution in [0.15, 0.2) is 16.7 Å². The van der Waals surface area contributed by atoms with Gasteiger partial charge in [0.15, 0.2) is 10.7 Å². The van der Waals surface area contributed by atoms with E-state index < -0.39 is 4.92 Å².